The van der Waals surface area contributed by atoms with Gasteiger partial charge < -0.3 is 20.6 Å². The Bertz CT molecular complexity index is 959. The smallest absolute Gasteiger partial charge is 0.269 e. The van der Waals surface area contributed by atoms with Crippen LogP contribution in [0.4, 0.5) is 0 Å². The van der Waals surface area contributed by atoms with E-state index in [-0.39, 0.29) is 24.8 Å². The van der Waals surface area contributed by atoms with Crippen LogP contribution in [0.5, 0.6) is 0 Å². The maximum absolute atomic E-state index is 11.2. The summed E-state index contributed by atoms with van der Waals surface area (Å²) in [5.74, 6) is -1.92. The summed E-state index contributed by atoms with van der Waals surface area (Å²) in [4.78, 5) is 23.4. The van der Waals surface area contributed by atoms with Crippen LogP contribution in [0.1, 0.15) is 18.1 Å². The van der Waals surface area contributed by atoms with Crippen LogP contribution in [0.2, 0.25) is 0 Å². The zero-order valence-electron chi connectivity index (χ0n) is 15.9. The van der Waals surface area contributed by atoms with Gasteiger partial charge in [0.2, 0.25) is 0 Å². The molecule has 8 nitrogen and oxygen atoms in total. The number of nitrogens with one attached hydrogen (secondary N) is 1. The van der Waals surface area contributed by atoms with Crippen LogP contribution in [-0.4, -0.2) is 52.1 Å². The Morgan fingerprint density at radius 2 is 1.52 bits per heavy atom. The van der Waals surface area contributed by atoms with Crippen LogP contribution < -0.4 is 5.32 Å². The minimum atomic E-state index is -1.58. The molecule has 2 aromatic rings. The predicted octanol–water partition coefficient (Wildman–Crippen LogP) is 0.729. The van der Waals surface area contributed by atoms with Gasteiger partial charge >= 0.3 is 0 Å². The van der Waals surface area contributed by atoms with Crippen LogP contribution in [0.3, 0.4) is 0 Å². The third-order valence-corrected chi connectivity index (χ3v) is 4.50. The normalized spacial score (nSPS) is 25.0. The monoisotopic (exact) mass is 394 g/mol. The van der Waals surface area contributed by atoms with Gasteiger partial charge in [0.25, 0.3) is 11.8 Å². The molecule has 2 aromatic carbocycles. The summed E-state index contributed by atoms with van der Waals surface area (Å²) < 4.78 is 0. The molecule has 0 aromatic heterocycles. The van der Waals surface area contributed by atoms with Gasteiger partial charge in [0.05, 0.1) is 18.9 Å². The van der Waals surface area contributed by atoms with E-state index in [0.717, 1.165) is 5.56 Å². The lowest BCUT2D eigenvalue weighted by Crippen LogP contribution is -2.39. The summed E-state index contributed by atoms with van der Waals surface area (Å²) in [7, 11) is 0. The minimum Gasteiger partial charge on any atom is -0.391 e. The van der Waals surface area contributed by atoms with Gasteiger partial charge in [-0.25, -0.2) is 9.98 Å². The Hall–Kier alpha value is -3.20. The fourth-order valence-corrected chi connectivity index (χ4v) is 2.94. The molecule has 29 heavy (non-hydrogen) atoms. The van der Waals surface area contributed by atoms with Crippen molar-refractivity contribution in [1.29, 1.82) is 0 Å². The fourth-order valence-electron chi connectivity index (χ4n) is 2.94. The molecule has 4 N–H and O–H groups in total. The van der Waals surface area contributed by atoms with Gasteiger partial charge in [0.15, 0.2) is 5.66 Å². The van der Waals surface area contributed by atoms with Crippen molar-refractivity contribution in [3.05, 3.63) is 71.8 Å². The first kappa shape index (κ1) is 20.5. The number of amides is 1. The first-order valence-electron chi connectivity index (χ1n) is 9.00. The summed E-state index contributed by atoms with van der Waals surface area (Å²) in [5.41, 5.74) is 1.22. The number of aliphatic imine (C=N–C) groups is 3. The second-order valence-corrected chi connectivity index (χ2v) is 6.55. The van der Waals surface area contributed by atoms with Crippen LogP contribution in [0, 0.1) is 0 Å². The standard InChI is InChI=1S/C11H12N2O2.C10H10N2O2/c14-7-10-6-12-11(8-15,13-10)9-4-2-1-3-5-9;1-7-9(13)12-10(14,11-7)8-5-3-2-4-6-8/h1-6,14-15H,7-8H2;2-6,14H,1H3,(H,12,13). The number of hydrogen-bond donors (Lipinski definition) is 4. The highest BCUT2D eigenvalue weighted by Gasteiger charge is 2.37. The highest BCUT2D eigenvalue weighted by atomic mass is 16.3. The number of benzene rings is 2. The number of carbonyl (C=O) groups excluding carboxylic acids is 1. The van der Waals surface area contributed by atoms with Crippen molar-refractivity contribution in [2.24, 2.45) is 15.0 Å². The molecule has 0 bridgehead atoms. The molecule has 0 saturated heterocycles. The van der Waals surface area contributed by atoms with Crippen molar-refractivity contribution in [1.82, 2.24) is 5.32 Å². The molecule has 150 valence electrons. The SMILES string of the molecule is CC1=NC(O)(c2ccccc2)NC1=O.OCC1=NC(CO)(c2ccccc2)N=C1. The van der Waals surface area contributed by atoms with Crippen LogP contribution >= 0.6 is 0 Å². The van der Waals surface area contributed by atoms with Crippen molar-refractivity contribution >= 4 is 23.5 Å². The number of nitrogens with zero attached hydrogens (tertiary/aromatic N) is 3. The van der Waals surface area contributed by atoms with E-state index in [1.807, 2.05) is 36.4 Å². The molecule has 2 aliphatic rings. The summed E-state index contributed by atoms with van der Waals surface area (Å²) in [6, 6.07) is 18.2. The van der Waals surface area contributed by atoms with Crippen LogP contribution in [0.25, 0.3) is 0 Å². The topological polar surface area (TPSA) is 127 Å². The quantitative estimate of drug-likeness (QED) is 0.610. The van der Waals surface area contributed by atoms with Crippen molar-refractivity contribution in [2.45, 2.75) is 18.4 Å². The van der Waals surface area contributed by atoms with E-state index in [0.29, 0.717) is 11.3 Å². The molecule has 2 atom stereocenters. The van der Waals surface area contributed by atoms with E-state index < -0.39 is 11.5 Å². The van der Waals surface area contributed by atoms with E-state index in [9.17, 15) is 15.0 Å². The molecule has 8 heteroatoms. The van der Waals surface area contributed by atoms with Gasteiger partial charge in [-0.1, -0.05) is 60.7 Å². The van der Waals surface area contributed by atoms with Crippen LogP contribution in [0.15, 0.2) is 75.6 Å². The molecule has 0 fully saturated rings. The molecule has 4 rings (SSSR count). The molecule has 2 heterocycles. The number of carbonyl (C=O) groups is 1. The molecule has 2 aliphatic heterocycles. The van der Waals surface area contributed by atoms with Crippen molar-refractivity contribution in [2.75, 3.05) is 13.2 Å². The lowest BCUT2D eigenvalue weighted by Gasteiger charge is -2.20. The minimum absolute atomic E-state index is 0.155. The second-order valence-electron chi connectivity index (χ2n) is 6.55. The first-order valence-corrected chi connectivity index (χ1v) is 9.00. The van der Waals surface area contributed by atoms with Crippen molar-refractivity contribution in [3.63, 3.8) is 0 Å². The Balaban J connectivity index is 0.000000166. The molecule has 0 radical (unpaired) electrons. The lowest BCUT2D eigenvalue weighted by molar-refractivity contribution is -0.119. The van der Waals surface area contributed by atoms with E-state index in [2.05, 4.69) is 20.3 Å². The number of hydrogen-bond acceptors (Lipinski definition) is 7. The van der Waals surface area contributed by atoms with Gasteiger partial charge in [-0.15, -0.1) is 0 Å². The van der Waals surface area contributed by atoms with E-state index in [1.165, 1.54) is 6.21 Å². The average molecular weight is 394 g/mol. The third kappa shape index (κ3) is 4.29. The van der Waals surface area contributed by atoms with Crippen molar-refractivity contribution < 1.29 is 20.1 Å². The zero-order valence-corrected chi connectivity index (χ0v) is 15.9. The molecule has 0 saturated carbocycles. The third-order valence-electron chi connectivity index (χ3n) is 4.50. The average Bonchev–Trinajstić information content (AvgIpc) is 3.31. The predicted molar refractivity (Wildman–Crippen MR) is 110 cm³/mol. The summed E-state index contributed by atoms with van der Waals surface area (Å²) in [6.45, 7) is 1.21. The Labute approximate surface area is 168 Å². The maximum Gasteiger partial charge on any atom is 0.269 e. The van der Waals surface area contributed by atoms with Gasteiger partial charge in [-0.2, -0.15) is 0 Å². The highest BCUT2D eigenvalue weighted by molar-refractivity contribution is 6.39. The Kier molecular flexibility index (Phi) is 5.97. The molecule has 0 spiro atoms. The number of aliphatic hydroxyl groups is 3. The highest BCUT2D eigenvalue weighted by Crippen LogP contribution is 2.29. The molecular formula is C21H22N4O4. The fraction of sp³-hybridized carbons (Fsp3) is 0.238. The second kappa shape index (κ2) is 8.44. The molecule has 0 aliphatic carbocycles. The summed E-state index contributed by atoms with van der Waals surface area (Å²) >= 11 is 0. The zero-order chi connectivity index (χ0) is 20.9. The molecule has 1 amide bonds. The lowest BCUT2D eigenvalue weighted by atomic mass is 10.0. The van der Waals surface area contributed by atoms with Gasteiger partial charge in [-0.05, 0) is 6.92 Å². The first-order chi connectivity index (χ1) is 13.9. The number of rotatable bonds is 4. The Morgan fingerprint density at radius 3 is 1.97 bits per heavy atom. The molecular weight excluding hydrogens is 372 g/mol. The van der Waals surface area contributed by atoms with Gasteiger partial charge in [0.1, 0.15) is 5.71 Å². The Morgan fingerprint density at radius 1 is 0.931 bits per heavy atom. The van der Waals surface area contributed by atoms with Gasteiger partial charge in [0, 0.05) is 17.3 Å². The largest absolute Gasteiger partial charge is 0.391 e. The maximum atomic E-state index is 11.2. The summed E-state index contributed by atoms with van der Waals surface area (Å²) in [6.07, 6.45) is 1.50. The van der Waals surface area contributed by atoms with E-state index >= 15 is 0 Å². The number of aliphatic hydroxyl groups excluding tert-OH is 2. The van der Waals surface area contributed by atoms with Gasteiger partial charge in [-0.3, -0.25) is 9.79 Å². The summed E-state index contributed by atoms with van der Waals surface area (Å²) in [5, 5.41) is 30.7. The molecule has 2 unspecified atom stereocenters. The van der Waals surface area contributed by atoms with E-state index in [1.54, 1.807) is 31.2 Å². The van der Waals surface area contributed by atoms with E-state index in [4.69, 9.17) is 5.11 Å². The van der Waals surface area contributed by atoms with Crippen LogP contribution in [-0.2, 0) is 16.3 Å². The van der Waals surface area contributed by atoms with Crippen molar-refractivity contribution in [3.8, 4) is 0 Å².